The zero-order valence-corrected chi connectivity index (χ0v) is 14.8. The molecule has 0 N–H and O–H groups in total. The zero-order chi connectivity index (χ0) is 18.2. The Labute approximate surface area is 146 Å². The molecule has 1 aliphatic rings. The summed E-state index contributed by atoms with van der Waals surface area (Å²) in [4.78, 5) is 12.7. The van der Waals surface area contributed by atoms with Crippen molar-refractivity contribution in [3.05, 3.63) is 71.3 Å². The van der Waals surface area contributed by atoms with E-state index in [0.717, 1.165) is 9.87 Å². The molecule has 1 fully saturated rings. The number of aryl methyl sites for hydroxylation is 1. The van der Waals surface area contributed by atoms with Gasteiger partial charge < -0.3 is 0 Å². The van der Waals surface area contributed by atoms with E-state index in [-0.39, 0.29) is 22.6 Å². The van der Waals surface area contributed by atoms with Crippen LogP contribution in [0.2, 0.25) is 0 Å². The Morgan fingerprint density at radius 2 is 1.68 bits per heavy atom. The third kappa shape index (κ3) is 3.09. The van der Waals surface area contributed by atoms with Gasteiger partial charge in [0.05, 0.1) is 10.5 Å². The number of nitrogens with zero attached hydrogens (tertiary/aromatic N) is 1. The lowest BCUT2D eigenvalue weighted by atomic mass is 10.0. The Kier molecular flexibility index (Phi) is 4.47. The molecule has 1 saturated heterocycles. The first kappa shape index (κ1) is 17.4. The molecule has 0 aromatic heterocycles. The van der Waals surface area contributed by atoms with Crippen LogP contribution in [0.4, 0.5) is 4.39 Å². The summed E-state index contributed by atoms with van der Waals surface area (Å²) in [6, 6.07) is 14.4. The highest BCUT2D eigenvalue weighted by Gasteiger charge is 2.42. The molecule has 1 atom stereocenters. The van der Waals surface area contributed by atoms with Gasteiger partial charge in [-0.3, -0.25) is 4.79 Å². The highest BCUT2D eigenvalue weighted by Crippen LogP contribution is 2.35. The Hall–Kier alpha value is -2.47. The zero-order valence-electron chi connectivity index (χ0n) is 13.9. The number of carbonyl (C=O) groups excluding carboxylic acids is 1. The van der Waals surface area contributed by atoms with Crippen molar-refractivity contribution in [2.24, 2.45) is 5.92 Å². The molecule has 1 amide bonds. The summed E-state index contributed by atoms with van der Waals surface area (Å²) in [5.74, 6) is -1.98. The van der Waals surface area contributed by atoms with Gasteiger partial charge in [0, 0.05) is 18.0 Å². The fraction of sp³-hybridized carbons (Fsp3) is 0.211. The fourth-order valence-corrected chi connectivity index (χ4v) is 4.33. The van der Waals surface area contributed by atoms with Crippen LogP contribution in [0.3, 0.4) is 0 Å². The van der Waals surface area contributed by atoms with E-state index in [0.29, 0.717) is 0 Å². The van der Waals surface area contributed by atoms with E-state index < -0.39 is 27.7 Å². The predicted octanol–water partition coefficient (Wildman–Crippen LogP) is 3.54. The van der Waals surface area contributed by atoms with E-state index in [9.17, 15) is 17.6 Å². The summed E-state index contributed by atoms with van der Waals surface area (Å²) in [7, 11) is -4.00. The van der Waals surface area contributed by atoms with Gasteiger partial charge >= 0.3 is 0 Å². The highest BCUT2D eigenvalue weighted by molar-refractivity contribution is 7.89. The fourth-order valence-electron chi connectivity index (χ4n) is 2.86. The second-order valence-electron chi connectivity index (χ2n) is 6.15. The van der Waals surface area contributed by atoms with Crippen molar-refractivity contribution in [3.8, 4) is 0 Å². The molecular formula is C19H18FNO3S. The van der Waals surface area contributed by atoms with E-state index in [1.54, 1.807) is 49.4 Å². The number of benzene rings is 2. The van der Waals surface area contributed by atoms with Crippen LogP contribution < -0.4 is 0 Å². The molecule has 1 heterocycles. The van der Waals surface area contributed by atoms with E-state index in [1.165, 1.54) is 12.1 Å². The largest absolute Gasteiger partial charge is 0.268 e. The Balaban J connectivity index is 2.02. The van der Waals surface area contributed by atoms with Crippen LogP contribution in [0.1, 0.15) is 18.1 Å². The molecule has 0 aliphatic carbocycles. The van der Waals surface area contributed by atoms with Crippen molar-refractivity contribution in [1.82, 2.24) is 4.31 Å². The normalized spacial score (nSPS) is 20.0. The quantitative estimate of drug-likeness (QED) is 0.788. The lowest BCUT2D eigenvalue weighted by Crippen LogP contribution is -2.32. The lowest BCUT2D eigenvalue weighted by molar-refractivity contribution is -0.120. The average Bonchev–Trinajstić information content (AvgIpc) is 2.90. The summed E-state index contributed by atoms with van der Waals surface area (Å²) >= 11 is 0. The summed E-state index contributed by atoms with van der Waals surface area (Å²) in [6.45, 7) is 3.43. The standard InChI is InChI=1S/C19H18FNO3S/c1-13-8-10-16(11-9-13)25(23,24)21-12-14(2)17(19(21)22)18(20)15-6-4-3-5-7-15/h3-11,14H,12H2,1-2H3/b18-17+. The number of sulfonamides is 1. The molecule has 0 bridgehead atoms. The van der Waals surface area contributed by atoms with Crippen LogP contribution in [0, 0.1) is 12.8 Å². The first-order chi connectivity index (χ1) is 11.8. The molecule has 0 spiro atoms. The first-order valence-electron chi connectivity index (χ1n) is 7.91. The molecule has 2 aromatic carbocycles. The molecule has 25 heavy (non-hydrogen) atoms. The highest BCUT2D eigenvalue weighted by atomic mass is 32.2. The number of amides is 1. The monoisotopic (exact) mass is 359 g/mol. The van der Waals surface area contributed by atoms with Crippen molar-refractivity contribution in [1.29, 1.82) is 0 Å². The van der Waals surface area contributed by atoms with Gasteiger partial charge in [-0.2, -0.15) is 0 Å². The Morgan fingerprint density at radius 3 is 2.28 bits per heavy atom. The van der Waals surface area contributed by atoms with Gasteiger partial charge in [0.2, 0.25) is 0 Å². The van der Waals surface area contributed by atoms with Crippen molar-refractivity contribution in [2.75, 3.05) is 6.54 Å². The van der Waals surface area contributed by atoms with Crippen LogP contribution in [-0.2, 0) is 14.8 Å². The van der Waals surface area contributed by atoms with E-state index >= 15 is 0 Å². The number of hydrogen-bond acceptors (Lipinski definition) is 3. The summed E-state index contributed by atoms with van der Waals surface area (Å²) in [5.41, 5.74) is 1.09. The minimum atomic E-state index is -4.00. The Bertz CT molecular complexity index is 934. The van der Waals surface area contributed by atoms with Gasteiger partial charge in [-0.1, -0.05) is 55.0 Å². The topological polar surface area (TPSA) is 54.5 Å². The van der Waals surface area contributed by atoms with E-state index in [2.05, 4.69) is 0 Å². The molecule has 130 valence electrons. The number of carbonyl (C=O) groups is 1. The summed E-state index contributed by atoms with van der Waals surface area (Å²) < 4.78 is 41.1. The number of rotatable bonds is 3. The molecule has 6 heteroatoms. The lowest BCUT2D eigenvalue weighted by Gasteiger charge is -2.16. The van der Waals surface area contributed by atoms with Crippen LogP contribution in [0.15, 0.2) is 65.1 Å². The van der Waals surface area contributed by atoms with Crippen LogP contribution in [0.25, 0.3) is 5.83 Å². The molecule has 1 unspecified atom stereocenters. The third-order valence-corrected chi connectivity index (χ3v) is 6.03. The second-order valence-corrected chi connectivity index (χ2v) is 8.01. The average molecular weight is 359 g/mol. The number of hydrogen-bond donors (Lipinski definition) is 0. The van der Waals surface area contributed by atoms with Crippen LogP contribution in [0.5, 0.6) is 0 Å². The van der Waals surface area contributed by atoms with E-state index in [1.807, 2.05) is 6.92 Å². The van der Waals surface area contributed by atoms with Crippen molar-refractivity contribution in [2.45, 2.75) is 18.7 Å². The molecule has 3 rings (SSSR count). The van der Waals surface area contributed by atoms with Crippen molar-refractivity contribution >= 4 is 21.8 Å². The minimum Gasteiger partial charge on any atom is -0.268 e. The van der Waals surface area contributed by atoms with Crippen LogP contribution >= 0.6 is 0 Å². The molecule has 0 radical (unpaired) electrons. The van der Waals surface area contributed by atoms with Gasteiger partial charge in [0.1, 0.15) is 5.83 Å². The maximum absolute atomic E-state index is 14.8. The first-order valence-corrected chi connectivity index (χ1v) is 9.35. The van der Waals surface area contributed by atoms with Crippen LogP contribution in [-0.4, -0.2) is 25.2 Å². The van der Waals surface area contributed by atoms with Gasteiger partial charge in [0.25, 0.3) is 15.9 Å². The second kappa shape index (κ2) is 6.44. The summed E-state index contributed by atoms with van der Waals surface area (Å²) in [6.07, 6.45) is 0. The van der Waals surface area contributed by atoms with Gasteiger partial charge in [-0.05, 0) is 19.1 Å². The maximum atomic E-state index is 14.8. The number of halogens is 1. The third-order valence-electron chi connectivity index (χ3n) is 4.26. The van der Waals surface area contributed by atoms with Crippen molar-refractivity contribution in [3.63, 3.8) is 0 Å². The Morgan fingerprint density at radius 1 is 1.08 bits per heavy atom. The SMILES string of the molecule is Cc1ccc(S(=O)(=O)N2CC(C)/C(=C(\F)c3ccccc3)C2=O)cc1. The summed E-state index contributed by atoms with van der Waals surface area (Å²) in [5, 5.41) is 0. The van der Waals surface area contributed by atoms with Crippen molar-refractivity contribution < 1.29 is 17.6 Å². The molecule has 2 aromatic rings. The van der Waals surface area contributed by atoms with E-state index in [4.69, 9.17) is 0 Å². The van der Waals surface area contributed by atoms with Gasteiger partial charge in [-0.25, -0.2) is 17.1 Å². The predicted molar refractivity (Wildman–Crippen MR) is 93.7 cm³/mol. The van der Waals surface area contributed by atoms with Gasteiger partial charge in [0.15, 0.2) is 0 Å². The molecule has 4 nitrogen and oxygen atoms in total. The smallest absolute Gasteiger partial charge is 0.266 e. The van der Waals surface area contributed by atoms with Gasteiger partial charge in [-0.15, -0.1) is 0 Å². The molecule has 0 saturated carbocycles. The minimum absolute atomic E-state index is 0.0278. The maximum Gasteiger partial charge on any atom is 0.266 e. The molecule has 1 aliphatic heterocycles. The molecular weight excluding hydrogens is 341 g/mol.